The number of nitrogens with one attached hydrogen (secondary N) is 1. The summed E-state index contributed by atoms with van der Waals surface area (Å²) in [6.07, 6.45) is 10.1. The minimum absolute atomic E-state index is 0.0975. The van der Waals surface area contributed by atoms with E-state index in [2.05, 4.69) is 33.9 Å². The van der Waals surface area contributed by atoms with E-state index in [-0.39, 0.29) is 17.9 Å². The van der Waals surface area contributed by atoms with Crippen LogP contribution in [0.4, 0.5) is 28.8 Å². The van der Waals surface area contributed by atoms with E-state index in [4.69, 9.17) is 9.72 Å². The van der Waals surface area contributed by atoms with E-state index in [0.29, 0.717) is 30.8 Å². The molecular formula is C31H43N7O3. The van der Waals surface area contributed by atoms with E-state index in [0.717, 1.165) is 86.0 Å². The molecule has 2 fully saturated rings. The van der Waals surface area contributed by atoms with Gasteiger partial charge in [0.1, 0.15) is 17.5 Å². The molecule has 0 bridgehead atoms. The first kappa shape index (κ1) is 27.8. The number of aromatic nitrogens is 2. The molecule has 2 amide bonds. The van der Waals surface area contributed by atoms with Crippen molar-refractivity contribution in [1.29, 1.82) is 0 Å². The summed E-state index contributed by atoms with van der Waals surface area (Å²) in [5.41, 5.74) is 3.49. The van der Waals surface area contributed by atoms with Crippen molar-refractivity contribution in [3.8, 4) is 5.75 Å². The van der Waals surface area contributed by atoms with Gasteiger partial charge >= 0.3 is 0 Å². The number of rotatable bonds is 7. The molecule has 1 aromatic carbocycles. The van der Waals surface area contributed by atoms with Gasteiger partial charge in [0.05, 0.1) is 25.5 Å². The topological polar surface area (TPSA) is 94.1 Å². The van der Waals surface area contributed by atoms with Gasteiger partial charge in [0.2, 0.25) is 17.8 Å². The molecule has 1 atom stereocenters. The number of hydrogen-bond acceptors (Lipinski definition) is 8. The van der Waals surface area contributed by atoms with E-state index in [1.54, 1.807) is 18.2 Å². The smallest absolute Gasteiger partial charge is 0.249 e. The van der Waals surface area contributed by atoms with Gasteiger partial charge in [0, 0.05) is 25.3 Å². The maximum atomic E-state index is 13.4. The van der Waals surface area contributed by atoms with E-state index in [1.807, 2.05) is 24.1 Å². The molecule has 0 unspecified atom stereocenters. The van der Waals surface area contributed by atoms with Gasteiger partial charge in [-0.2, -0.15) is 4.98 Å². The van der Waals surface area contributed by atoms with Crippen LogP contribution in [0.5, 0.6) is 5.75 Å². The molecule has 10 nitrogen and oxygen atoms in total. The number of likely N-dealkylation sites (tertiary alicyclic amines) is 1. The van der Waals surface area contributed by atoms with E-state index in [9.17, 15) is 9.59 Å². The highest BCUT2D eigenvalue weighted by atomic mass is 16.5. The summed E-state index contributed by atoms with van der Waals surface area (Å²) in [5, 5.41) is 3.39. The van der Waals surface area contributed by atoms with Gasteiger partial charge in [-0.05, 0) is 75.2 Å². The fraction of sp³-hybridized carbons (Fsp3) is 0.613. The Morgan fingerprint density at radius 3 is 2.56 bits per heavy atom. The number of piperidine rings is 1. The van der Waals surface area contributed by atoms with Gasteiger partial charge in [-0.1, -0.05) is 26.7 Å². The Labute approximate surface area is 243 Å². The van der Waals surface area contributed by atoms with Crippen LogP contribution < -0.4 is 24.8 Å². The number of fused-ring (bicyclic) bond motifs is 2. The Morgan fingerprint density at radius 2 is 1.85 bits per heavy atom. The Balaban J connectivity index is 1.28. The fourth-order valence-corrected chi connectivity index (χ4v) is 7.00. The summed E-state index contributed by atoms with van der Waals surface area (Å²) in [7, 11) is 3.47. The Bertz CT molecular complexity index is 1300. The molecule has 2 aromatic rings. The minimum atomic E-state index is -0.226. The van der Waals surface area contributed by atoms with Gasteiger partial charge in [-0.15, -0.1) is 0 Å². The lowest BCUT2D eigenvalue weighted by Crippen LogP contribution is -2.55. The number of nitrogens with zero attached hydrogens (tertiary/aromatic N) is 6. The number of anilines is 5. The van der Waals surface area contributed by atoms with Crippen LogP contribution in [-0.4, -0.2) is 79.1 Å². The quantitative estimate of drug-likeness (QED) is 0.533. The zero-order valence-corrected chi connectivity index (χ0v) is 24.9. The van der Waals surface area contributed by atoms with Crippen LogP contribution in [0.2, 0.25) is 0 Å². The first-order valence-corrected chi connectivity index (χ1v) is 15.3. The molecule has 1 saturated carbocycles. The average molecular weight is 562 g/mol. The van der Waals surface area contributed by atoms with Gasteiger partial charge in [-0.25, -0.2) is 4.98 Å². The summed E-state index contributed by atoms with van der Waals surface area (Å²) < 4.78 is 5.76. The Hall–Kier alpha value is -3.40. The highest BCUT2D eigenvalue weighted by Crippen LogP contribution is 2.42. The molecule has 6 rings (SSSR count). The maximum absolute atomic E-state index is 13.4. The van der Waals surface area contributed by atoms with Crippen LogP contribution in [0.3, 0.4) is 0 Å². The number of likely N-dealkylation sites (N-methyl/N-ethyl adjacent to an activating group) is 1. The van der Waals surface area contributed by atoms with Crippen LogP contribution >= 0.6 is 0 Å². The zero-order chi connectivity index (χ0) is 28.7. The third kappa shape index (κ3) is 5.22. The molecular weight excluding hydrogens is 518 g/mol. The van der Waals surface area contributed by atoms with Gasteiger partial charge < -0.3 is 24.8 Å². The molecule has 220 valence electrons. The van der Waals surface area contributed by atoms with Crippen LogP contribution in [-0.2, 0) is 16.0 Å². The molecule has 1 aromatic heterocycles. The number of ether oxygens (including phenoxy) is 1. The van der Waals surface area contributed by atoms with Gasteiger partial charge in [0.25, 0.3) is 0 Å². The van der Waals surface area contributed by atoms with E-state index >= 15 is 0 Å². The Morgan fingerprint density at radius 1 is 1.10 bits per heavy atom. The number of carbonyl (C=O) groups excluding carboxylic acids is 2. The lowest BCUT2D eigenvalue weighted by atomic mass is 9.99. The van der Waals surface area contributed by atoms with Crippen LogP contribution in [0.25, 0.3) is 0 Å². The maximum Gasteiger partial charge on any atom is 0.249 e. The molecule has 1 saturated heterocycles. The number of amides is 2. The molecule has 0 spiro atoms. The summed E-state index contributed by atoms with van der Waals surface area (Å²) in [6, 6.07) is 4.10. The summed E-state index contributed by atoms with van der Waals surface area (Å²) >= 11 is 0. The highest BCUT2D eigenvalue weighted by Gasteiger charge is 2.41. The van der Waals surface area contributed by atoms with Crippen molar-refractivity contribution in [2.24, 2.45) is 5.92 Å². The molecule has 4 aliphatic rings. The number of methoxy groups -OCH3 is 1. The second-order valence-electron chi connectivity index (χ2n) is 12.1. The molecule has 3 aliphatic heterocycles. The number of carbonyl (C=O) groups is 2. The minimum Gasteiger partial charge on any atom is -0.495 e. The second-order valence-corrected chi connectivity index (χ2v) is 12.1. The van der Waals surface area contributed by atoms with Crippen LogP contribution in [0.15, 0.2) is 18.3 Å². The monoisotopic (exact) mass is 561 g/mol. The average Bonchev–Trinajstić information content (AvgIpc) is 3.66. The summed E-state index contributed by atoms with van der Waals surface area (Å²) in [4.78, 5) is 44.4. The van der Waals surface area contributed by atoms with E-state index in [1.165, 1.54) is 12.8 Å². The third-order valence-electron chi connectivity index (χ3n) is 9.49. The van der Waals surface area contributed by atoms with Crippen molar-refractivity contribution >= 4 is 40.6 Å². The molecule has 1 N–H and O–H groups in total. The number of benzene rings is 1. The van der Waals surface area contributed by atoms with Crippen molar-refractivity contribution in [1.82, 2.24) is 14.9 Å². The first-order chi connectivity index (χ1) is 19.9. The first-order valence-electron chi connectivity index (χ1n) is 15.3. The van der Waals surface area contributed by atoms with Crippen molar-refractivity contribution in [2.45, 2.75) is 77.3 Å². The normalized spacial score (nSPS) is 21.8. The van der Waals surface area contributed by atoms with Gasteiger partial charge in [0.15, 0.2) is 5.82 Å². The fourth-order valence-electron chi connectivity index (χ4n) is 7.00. The van der Waals surface area contributed by atoms with Crippen molar-refractivity contribution in [3.05, 3.63) is 23.9 Å². The second kappa shape index (κ2) is 11.5. The van der Waals surface area contributed by atoms with Crippen LogP contribution in [0.1, 0.15) is 64.4 Å². The van der Waals surface area contributed by atoms with Gasteiger partial charge in [-0.3, -0.25) is 14.5 Å². The summed E-state index contributed by atoms with van der Waals surface area (Å²) in [5.74, 6) is 2.91. The largest absolute Gasteiger partial charge is 0.495 e. The molecule has 4 heterocycles. The Kier molecular flexibility index (Phi) is 7.76. The predicted octanol–water partition coefficient (Wildman–Crippen LogP) is 4.35. The number of hydrogen-bond donors (Lipinski definition) is 1. The lowest BCUT2D eigenvalue weighted by Gasteiger charge is -2.43. The summed E-state index contributed by atoms with van der Waals surface area (Å²) in [6.45, 7) is 7.45. The van der Waals surface area contributed by atoms with Crippen molar-refractivity contribution < 1.29 is 14.3 Å². The van der Waals surface area contributed by atoms with E-state index < -0.39 is 0 Å². The SMILES string of the molecule is CC[C@@H]1C(=O)N(C)c2cnc(Nc3cc4c(cc3OC)CCN4C(=O)CN3CCC(C)CC3)nc2N1C1CCCC1. The predicted molar refractivity (Wildman–Crippen MR) is 161 cm³/mol. The van der Waals surface area contributed by atoms with Crippen LogP contribution in [0, 0.1) is 5.92 Å². The molecule has 0 radical (unpaired) electrons. The lowest BCUT2D eigenvalue weighted by molar-refractivity contribution is -0.120. The molecule has 41 heavy (non-hydrogen) atoms. The zero-order valence-electron chi connectivity index (χ0n) is 24.9. The molecule has 10 heteroatoms. The van der Waals surface area contributed by atoms with Crippen molar-refractivity contribution in [3.63, 3.8) is 0 Å². The third-order valence-corrected chi connectivity index (χ3v) is 9.49. The highest BCUT2D eigenvalue weighted by molar-refractivity contribution is 6.04. The molecule has 1 aliphatic carbocycles. The van der Waals surface area contributed by atoms with Crippen molar-refractivity contribution in [2.75, 3.05) is 60.4 Å². The standard InChI is InChI=1S/C31H43N7O3/c1-5-24-30(40)35(3)26-18-32-31(34-29(26)38(24)22-8-6-7-9-22)33-23-17-25-21(16-27(23)41-4)12-15-37(25)28(39)19-36-13-10-20(2)11-14-36/h16-18,20,22,24H,5-15,19H2,1-4H3,(H,32,33,34)/t24-/m1/s1.